The second-order valence-electron chi connectivity index (χ2n) is 4.96. The number of anilines is 1. The van der Waals surface area contributed by atoms with Crippen LogP contribution in [0.2, 0.25) is 5.02 Å². The zero-order valence-corrected chi connectivity index (χ0v) is 15.3. The number of aromatic nitrogens is 1. The average Bonchev–Trinajstić information content (AvgIpc) is 3.05. The van der Waals surface area contributed by atoms with Gasteiger partial charge in [-0.15, -0.1) is 23.1 Å². The van der Waals surface area contributed by atoms with Crippen molar-refractivity contribution in [2.45, 2.75) is 11.8 Å². The van der Waals surface area contributed by atoms with Gasteiger partial charge in [-0.2, -0.15) is 0 Å². The number of nitrogens with zero attached hydrogens (tertiary/aromatic N) is 1. The maximum Gasteiger partial charge on any atom is 0.257 e. The minimum atomic E-state index is -0.153. The number of carbonyl (C=O) groups excluding carboxylic acids is 1. The smallest absolute Gasteiger partial charge is 0.257 e. The molecule has 0 aliphatic carbocycles. The molecule has 3 rings (SSSR count). The van der Waals surface area contributed by atoms with E-state index in [1.807, 2.05) is 53.9 Å². The van der Waals surface area contributed by atoms with E-state index in [1.165, 1.54) is 11.3 Å². The Hall–Kier alpha value is -1.82. The van der Waals surface area contributed by atoms with E-state index in [0.717, 1.165) is 21.9 Å². The molecule has 24 heavy (non-hydrogen) atoms. The molecule has 122 valence electrons. The molecule has 1 amide bonds. The highest BCUT2D eigenvalue weighted by molar-refractivity contribution is 7.99. The third-order valence-corrected chi connectivity index (χ3v) is 5.20. The molecule has 0 aliphatic rings. The van der Waals surface area contributed by atoms with Gasteiger partial charge in [-0.1, -0.05) is 30.7 Å². The van der Waals surface area contributed by atoms with Crippen LogP contribution in [-0.4, -0.2) is 16.6 Å². The van der Waals surface area contributed by atoms with Crippen molar-refractivity contribution in [3.63, 3.8) is 0 Å². The normalized spacial score (nSPS) is 10.6. The zero-order valence-electron chi connectivity index (χ0n) is 13.0. The maximum absolute atomic E-state index is 12.3. The number of rotatable bonds is 5. The molecule has 2 aromatic carbocycles. The lowest BCUT2D eigenvalue weighted by molar-refractivity contribution is 0.102. The molecule has 3 nitrogen and oxygen atoms in total. The number of hydrogen-bond donors (Lipinski definition) is 1. The Bertz CT molecular complexity index is 829. The van der Waals surface area contributed by atoms with Crippen LogP contribution in [0.5, 0.6) is 0 Å². The van der Waals surface area contributed by atoms with Gasteiger partial charge in [0, 0.05) is 26.4 Å². The van der Waals surface area contributed by atoms with Crippen LogP contribution in [0, 0.1) is 0 Å². The fourth-order valence-electron chi connectivity index (χ4n) is 2.12. The Morgan fingerprint density at radius 3 is 2.54 bits per heavy atom. The van der Waals surface area contributed by atoms with Crippen LogP contribution in [0.4, 0.5) is 5.13 Å². The molecule has 0 spiro atoms. The third kappa shape index (κ3) is 4.17. The van der Waals surface area contributed by atoms with Gasteiger partial charge >= 0.3 is 0 Å². The van der Waals surface area contributed by atoms with Crippen LogP contribution in [-0.2, 0) is 0 Å². The summed E-state index contributed by atoms with van der Waals surface area (Å²) < 4.78 is 0. The van der Waals surface area contributed by atoms with Crippen molar-refractivity contribution in [3.8, 4) is 11.3 Å². The minimum absolute atomic E-state index is 0.153. The molecule has 0 radical (unpaired) electrons. The van der Waals surface area contributed by atoms with Gasteiger partial charge in [-0.05, 0) is 42.2 Å². The lowest BCUT2D eigenvalue weighted by Crippen LogP contribution is -2.11. The average molecular weight is 375 g/mol. The van der Waals surface area contributed by atoms with E-state index in [2.05, 4.69) is 17.2 Å². The summed E-state index contributed by atoms with van der Waals surface area (Å²) in [4.78, 5) is 17.9. The highest BCUT2D eigenvalue weighted by Gasteiger charge is 2.10. The van der Waals surface area contributed by atoms with E-state index in [0.29, 0.717) is 15.7 Å². The second kappa shape index (κ2) is 7.83. The van der Waals surface area contributed by atoms with Gasteiger partial charge in [-0.3, -0.25) is 10.1 Å². The third-order valence-electron chi connectivity index (χ3n) is 3.29. The van der Waals surface area contributed by atoms with E-state index >= 15 is 0 Å². The first-order valence-corrected chi connectivity index (χ1v) is 9.65. The van der Waals surface area contributed by atoms with Crippen molar-refractivity contribution in [2.24, 2.45) is 0 Å². The molecule has 0 bridgehead atoms. The van der Waals surface area contributed by atoms with Crippen LogP contribution >= 0.6 is 34.7 Å². The summed E-state index contributed by atoms with van der Waals surface area (Å²) in [5, 5.41) is 6.03. The Balaban J connectivity index is 1.69. The van der Waals surface area contributed by atoms with E-state index in [1.54, 1.807) is 11.8 Å². The number of benzene rings is 2. The number of thiazole rings is 1. The lowest BCUT2D eigenvalue weighted by atomic mass is 10.2. The van der Waals surface area contributed by atoms with Gasteiger partial charge in [-0.25, -0.2) is 4.98 Å². The topological polar surface area (TPSA) is 42.0 Å². The Kier molecular flexibility index (Phi) is 5.56. The molecular weight excluding hydrogens is 360 g/mol. The summed E-state index contributed by atoms with van der Waals surface area (Å²) in [6.07, 6.45) is 0. The van der Waals surface area contributed by atoms with Gasteiger partial charge < -0.3 is 0 Å². The number of hydrogen-bond acceptors (Lipinski definition) is 4. The maximum atomic E-state index is 12.3. The molecule has 1 aromatic heterocycles. The number of halogens is 1. The fraction of sp³-hybridized carbons (Fsp3) is 0.111. The standard InChI is InChI=1S/C18H15ClN2OS2/c1-2-23-15-9-5-13(6-10-15)17(22)21-18-20-16(11-24-18)12-3-7-14(19)8-4-12/h3-11H,2H2,1H3,(H,20,21,22). The Morgan fingerprint density at radius 2 is 1.88 bits per heavy atom. The van der Waals surface area contributed by atoms with Crippen molar-refractivity contribution in [3.05, 3.63) is 64.5 Å². The summed E-state index contributed by atoms with van der Waals surface area (Å²) in [7, 11) is 0. The Labute approximate surface area is 154 Å². The van der Waals surface area contributed by atoms with Crippen molar-refractivity contribution >= 4 is 45.7 Å². The molecule has 1 N–H and O–H groups in total. The minimum Gasteiger partial charge on any atom is -0.298 e. The summed E-state index contributed by atoms with van der Waals surface area (Å²) >= 11 is 9.05. The highest BCUT2D eigenvalue weighted by atomic mass is 35.5. The van der Waals surface area contributed by atoms with Crippen LogP contribution < -0.4 is 5.32 Å². The summed E-state index contributed by atoms with van der Waals surface area (Å²) in [5.41, 5.74) is 2.41. The first kappa shape index (κ1) is 17.0. The van der Waals surface area contributed by atoms with E-state index < -0.39 is 0 Å². The van der Waals surface area contributed by atoms with Crippen LogP contribution in [0.3, 0.4) is 0 Å². The van der Waals surface area contributed by atoms with Gasteiger partial charge in [0.2, 0.25) is 0 Å². The van der Waals surface area contributed by atoms with Gasteiger partial charge in [0.05, 0.1) is 5.69 Å². The van der Waals surface area contributed by atoms with Crippen molar-refractivity contribution in [1.82, 2.24) is 4.98 Å². The molecule has 0 atom stereocenters. The van der Waals surface area contributed by atoms with E-state index in [-0.39, 0.29) is 5.91 Å². The second-order valence-corrected chi connectivity index (χ2v) is 7.59. The highest BCUT2D eigenvalue weighted by Crippen LogP contribution is 2.26. The van der Waals surface area contributed by atoms with Crippen molar-refractivity contribution < 1.29 is 4.79 Å². The molecule has 0 aliphatic heterocycles. The van der Waals surface area contributed by atoms with Crippen molar-refractivity contribution in [2.75, 3.05) is 11.1 Å². The number of carbonyl (C=O) groups is 1. The monoisotopic (exact) mass is 374 g/mol. The lowest BCUT2D eigenvalue weighted by Gasteiger charge is -2.03. The van der Waals surface area contributed by atoms with E-state index in [4.69, 9.17) is 11.6 Å². The molecule has 1 heterocycles. The summed E-state index contributed by atoms with van der Waals surface area (Å²) in [5.74, 6) is 0.859. The quantitative estimate of drug-likeness (QED) is 0.571. The van der Waals surface area contributed by atoms with Gasteiger partial charge in [0.25, 0.3) is 5.91 Å². The molecule has 6 heteroatoms. The Morgan fingerprint density at radius 1 is 1.17 bits per heavy atom. The van der Waals surface area contributed by atoms with Crippen molar-refractivity contribution in [1.29, 1.82) is 0 Å². The number of amides is 1. The fourth-order valence-corrected chi connectivity index (χ4v) is 3.63. The molecule has 0 saturated carbocycles. The largest absolute Gasteiger partial charge is 0.298 e. The molecule has 0 unspecified atom stereocenters. The van der Waals surface area contributed by atoms with Crippen LogP contribution in [0.25, 0.3) is 11.3 Å². The summed E-state index contributed by atoms with van der Waals surface area (Å²) in [6, 6.07) is 15.1. The SMILES string of the molecule is CCSc1ccc(C(=O)Nc2nc(-c3ccc(Cl)cc3)cs2)cc1. The van der Waals surface area contributed by atoms with Gasteiger partial charge in [0.15, 0.2) is 5.13 Å². The van der Waals surface area contributed by atoms with E-state index in [9.17, 15) is 4.79 Å². The molecule has 0 saturated heterocycles. The predicted molar refractivity (Wildman–Crippen MR) is 103 cm³/mol. The number of nitrogens with one attached hydrogen (secondary N) is 1. The van der Waals surface area contributed by atoms with Crippen LogP contribution in [0.1, 0.15) is 17.3 Å². The first-order chi connectivity index (χ1) is 11.7. The summed E-state index contributed by atoms with van der Waals surface area (Å²) in [6.45, 7) is 2.10. The molecule has 3 aromatic rings. The van der Waals surface area contributed by atoms with Crippen LogP contribution in [0.15, 0.2) is 58.8 Å². The first-order valence-electron chi connectivity index (χ1n) is 7.41. The zero-order chi connectivity index (χ0) is 16.9. The molecule has 0 fully saturated rings. The number of thioether (sulfide) groups is 1. The van der Waals surface area contributed by atoms with Gasteiger partial charge in [0.1, 0.15) is 0 Å². The predicted octanol–water partition coefficient (Wildman–Crippen LogP) is 5.83. The molecular formula is C18H15ClN2OS2.